The lowest BCUT2D eigenvalue weighted by Gasteiger charge is -2.06. The lowest BCUT2D eigenvalue weighted by Crippen LogP contribution is -2.24. The molecule has 4 nitrogen and oxygen atoms in total. The van der Waals surface area contributed by atoms with Gasteiger partial charge in [-0.05, 0) is 17.7 Å². The number of nitrogens with zero attached hydrogens (tertiary/aromatic N) is 2. The van der Waals surface area contributed by atoms with Crippen LogP contribution in [0.4, 0.5) is 0 Å². The number of halogens is 1. The van der Waals surface area contributed by atoms with Crippen LogP contribution in [-0.2, 0) is 6.54 Å². The van der Waals surface area contributed by atoms with Crippen molar-refractivity contribution in [1.82, 2.24) is 9.55 Å². The number of Topliss-reactive ketones (excluding diaryl/α,β-unsaturated/α-hetero) is 1. The maximum Gasteiger partial charge on any atom is 0.263 e. The van der Waals surface area contributed by atoms with E-state index in [0.717, 1.165) is 15.6 Å². The second-order valence-corrected chi connectivity index (χ2v) is 7.58. The minimum Gasteiger partial charge on any atom is -0.292 e. The van der Waals surface area contributed by atoms with Crippen LogP contribution < -0.4 is 5.56 Å². The van der Waals surface area contributed by atoms with Crippen molar-refractivity contribution in [1.29, 1.82) is 0 Å². The highest BCUT2D eigenvalue weighted by Gasteiger charge is 2.15. The van der Waals surface area contributed by atoms with Crippen LogP contribution in [0.3, 0.4) is 0 Å². The number of benzene rings is 2. The normalized spacial score (nSPS) is 11.0. The molecule has 0 amide bonds. The van der Waals surface area contributed by atoms with Gasteiger partial charge in [0.25, 0.3) is 5.56 Å². The van der Waals surface area contributed by atoms with E-state index in [4.69, 9.17) is 0 Å². The summed E-state index contributed by atoms with van der Waals surface area (Å²) in [5.41, 5.74) is 2.19. The van der Waals surface area contributed by atoms with Gasteiger partial charge in [-0.15, -0.1) is 11.3 Å². The summed E-state index contributed by atoms with van der Waals surface area (Å²) in [5, 5.41) is 2.50. The van der Waals surface area contributed by atoms with E-state index < -0.39 is 0 Å². The standard InChI is InChI=1S/C20H13BrN2O2S/c21-15-8-6-14(7-9-15)17(24)10-23-12-22-19-18(20(23)25)16(11-26-19)13-4-2-1-3-5-13/h1-9,11-12H,10H2. The van der Waals surface area contributed by atoms with Gasteiger partial charge in [-0.2, -0.15) is 0 Å². The molecule has 0 spiro atoms. The van der Waals surface area contributed by atoms with Gasteiger partial charge in [-0.25, -0.2) is 4.98 Å². The van der Waals surface area contributed by atoms with Gasteiger partial charge in [0.15, 0.2) is 5.78 Å². The summed E-state index contributed by atoms with van der Waals surface area (Å²) in [7, 11) is 0. The van der Waals surface area contributed by atoms with Gasteiger partial charge in [0, 0.05) is 21.0 Å². The fraction of sp³-hybridized carbons (Fsp3) is 0.0500. The number of thiophene rings is 1. The van der Waals surface area contributed by atoms with Crippen molar-refractivity contribution in [3.63, 3.8) is 0 Å². The Kier molecular flexibility index (Phi) is 4.53. The van der Waals surface area contributed by atoms with Gasteiger partial charge in [-0.1, -0.05) is 58.4 Å². The number of aromatic nitrogens is 2. The van der Waals surface area contributed by atoms with Gasteiger partial charge in [0.05, 0.1) is 18.3 Å². The Morgan fingerprint density at radius 3 is 2.54 bits per heavy atom. The van der Waals surface area contributed by atoms with E-state index in [2.05, 4.69) is 20.9 Å². The van der Waals surface area contributed by atoms with Crippen molar-refractivity contribution >= 4 is 43.3 Å². The molecule has 26 heavy (non-hydrogen) atoms. The van der Waals surface area contributed by atoms with Crippen molar-refractivity contribution in [3.8, 4) is 11.1 Å². The van der Waals surface area contributed by atoms with Crippen LogP contribution in [0.25, 0.3) is 21.3 Å². The molecule has 128 valence electrons. The van der Waals surface area contributed by atoms with Crippen molar-refractivity contribution in [2.24, 2.45) is 0 Å². The van der Waals surface area contributed by atoms with E-state index in [0.29, 0.717) is 15.8 Å². The van der Waals surface area contributed by atoms with Gasteiger partial charge in [0.2, 0.25) is 0 Å². The first-order valence-corrected chi connectivity index (χ1v) is 9.61. The zero-order valence-corrected chi connectivity index (χ0v) is 16.0. The number of fused-ring (bicyclic) bond motifs is 1. The summed E-state index contributed by atoms with van der Waals surface area (Å²) in [4.78, 5) is 30.5. The van der Waals surface area contributed by atoms with Crippen molar-refractivity contribution < 1.29 is 4.79 Å². The third-order valence-corrected chi connectivity index (χ3v) is 5.54. The second-order valence-electron chi connectivity index (χ2n) is 5.80. The number of ketones is 1. The number of carbonyl (C=O) groups excluding carboxylic acids is 1. The van der Waals surface area contributed by atoms with Crippen LogP contribution in [0.15, 0.2) is 75.6 Å². The second kappa shape index (κ2) is 6.97. The molecule has 0 saturated heterocycles. The SMILES string of the molecule is O=C(Cn1cnc2scc(-c3ccccc3)c2c1=O)c1ccc(Br)cc1. The fourth-order valence-electron chi connectivity index (χ4n) is 2.79. The van der Waals surface area contributed by atoms with E-state index in [1.807, 2.05) is 47.8 Å². The molecule has 0 bridgehead atoms. The van der Waals surface area contributed by atoms with Crippen LogP contribution in [0.2, 0.25) is 0 Å². The third kappa shape index (κ3) is 3.13. The molecule has 0 saturated carbocycles. The van der Waals surface area contributed by atoms with E-state index in [1.165, 1.54) is 22.2 Å². The number of hydrogen-bond donors (Lipinski definition) is 0. The molecule has 0 N–H and O–H groups in total. The van der Waals surface area contributed by atoms with Gasteiger partial charge >= 0.3 is 0 Å². The zero-order valence-electron chi connectivity index (χ0n) is 13.6. The Labute approximate surface area is 161 Å². The molecule has 0 fully saturated rings. The molecule has 2 aromatic heterocycles. The molecule has 2 heterocycles. The van der Waals surface area contributed by atoms with Crippen LogP contribution in [0.5, 0.6) is 0 Å². The monoisotopic (exact) mass is 424 g/mol. The predicted octanol–water partition coefficient (Wildman–Crippen LogP) is 4.77. The molecule has 2 aromatic carbocycles. The summed E-state index contributed by atoms with van der Waals surface area (Å²) in [6, 6.07) is 16.8. The Morgan fingerprint density at radius 1 is 1.08 bits per heavy atom. The minimum absolute atomic E-state index is 0.0342. The van der Waals surface area contributed by atoms with Gasteiger partial charge in [-0.3, -0.25) is 14.2 Å². The molecular formula is C20H13BrN2O2S. The predicted molar refractivity (Wildman–Crippen MR) is 108 cm³/mol. The van der Waals surface area contributed by atoms with Crippen LogP contribution >= 0.6 is 27.3 Å². The maximum absolute atomic E-state index is 13.0. The minimum atomic E-state index is -0.194. The average molecular weight is 425 g/mol. The zero-order chi connectivity index (χ0) is 18.1. The molecule has 0 atom stereocenters. The van der Waals surface area contributed by atoms with Crippen molar-refractivity contribution in [2.75, 3.05) is 0 Å². The molecule has 4 aromatic rings. The highest BCUT2D eigenvalue weighted by atomic mass is 79.9. The first-order chi connectivity index (χ1) is 12.6. The Hall–Kier alpha value is -2.57. The van der Waals surface area contributed by atoms with E-state index in [-0.39, 0.29) is 17.9 Å². The fourth-order valence-corrected chi connectivity index (χ4v) is 3.96. The summed E-state index contributed by atoms with van der Waals surface area (Å²) < 4.78 is 2.28. The quantitative estimate of drug-likeness (QED) is 0.443. The third-order valence-electron chi connectivity index (χ3n) is 4.13. The number of hydrogen-bond acceptors (Lipinski definition) is 4. The van der Waals surface area contributed by atoms with Crippen molar-refractivity contribution in [3.05, 3.63) is 86.7 Å². The summed E-state index contributed by atoms with van der Waals surface area (Å²) in [5.74, 6) is -0.128. The lowest BCUT2D eigenvalue weighted by atomic mass is 10.1. The molecule has 6 heteroatoms. The molecule has 0 aliphatic heterocycles. The molecule has 0 aliphatic carbocycles. The van der Waals surface area contributed by atoms with Crippen LogP contribution in [0, 0.1) is 0 Å². The van der Waals surface area contributed by atoms with E-state index in [9.17, 15) is 9.59 Å². The van der Waals surface area contributed by atoms with Gasteiger partial charge < -0.3 is 0 Å². The topological polar surface area (TPSA) is 52.0 Å². The maximum atomic E-state index is 13.0. The van der Waals surface area contributed by atoms with Gasteiger partial charge in [0.1, 0.15) is 4.83 Å². The summed E-state index contributed by atoms with van der Waals surface area (Å²) >= 11 is 4.78. The van der Waals surface area contributed by atoms with Crippen LogP contribution in [-0.4, -0.2) is 15.3 Å². The largest absolute Gasteiger partial charge is 0.292 e. The highest BCUT2D eigenvalue weighted by Crippen LogP contribution is 2.30. The Bertz CT molecular complexity index is 1150. The summed E-state index contributed by atoms with van der Waals surface area (Å²) in [6.07, 6.45) is 1.45. The molecular weight excluding hydrogens is 412 g/mol. The summed E-state index contributed by atoms with van der Waals surface area (Å²) in [6.45, 7) is -0.0342. The smallest absolute Gasteiger partial charge is 0.263 e. The highest BCUT2D eigenvalue weighted by molar-refractivity contribution is 9.10. The molecule has 0 radical (unpaired) electrons. The number of carbonyl (C=O) groups is 1. The van der Waals surface area contributed by atoms with Crippen LogP contribution in [0.1, 0.15) is 10.4 Å². The first-order valence-electron chi connectivity index (χ1n) is 7.94. The van der Waals surface area contributed by atoms with Crippen molar-refractivity contribution in [2.45, 2.75) is 6.54 Å². The number of rotatable bonds is 4. The lowest BCUT2D eigenvalue weighted by molar-refractivity contribution is 0.0970. The average Bonchev–Trinajstić information content (AvgIpc) is 3.10. The Balaban J connectivity index is 1.75. The molecule has 4 rings (SSSR count). The Morgan fingerprint density at radius 2 is 1.81 bits per heavy atom. The van der Waals surface area contributed by atoms with E-state index >= 15 is 0 Å². The van der Waals surface area contributed by atoms with E-state index in [1.54, 1.807) is 12.1 Å². The molecule has 0 unspecified atom stereocenters. The molecule has 0 aliphatic rings. The first kappa shape index (κ1) is 16.9.